The van der Waals surface area contributed by atoms with Gasteiger partial charge in [-0.15, -0.1) is 0 Å². The van der Waals surface area contributed by atoms with E-state index in [0.29, 0.717) is 11.1 Å². The molecule has 8 nitrogen and oxygen atoms in total. The van der Waals surface area contributed by atoms with Crippen molar-refractivity contribution in [3.63, 3.8) is 0 Å². The number of hydrogen-bond acceptors (Lipinski definition) is 8. The molecule has 156 valence electrons. The molecule has 0 aliphatic carbocycles. The van der Waals surface area contributed by atoms with Crippen LogP contribution in [0.2, 0.25) is 0 Å². The molecule has 0 unspecified atom stereocenters. The number of rotatable bonds is 8. The van der Waals surface area contributed by atoms with Gasteiger partial charge in [-0.25, -0.2) is 19.2 Å². The Bertz CT molecular complexity index is 830. The van der Waals surface area contributed by atoms with E-state index in [-0.39, 0.29) is 0 Å². The number of methoxy groups -OCH3 is 2. The van der Waals surface area contributed by atoms with Gasteiger partial charge in [0.2, 0.25) is 12.2 Å². The average Bonchev–Trinajstić information content (AvgIpc) is 2.79. The Morgan fingerprint density at radius 2 is 0.967 bits per heavy atom. The van der Waals surface area contributed by atoms with Crippen LogP contribution in [0.3, 0.4) is 0 Å². The van der Waals surface area contributed by atoms with Crippen molar-refractivity contribution in [3.05, 3.63) is 83.9 Å². The molecule has 30 heavy (non-hydrogen) atoms. The van der Waals surface area contributed by atoms with Gasteiger partial charge in [0.05, 0.1) is 14.2 Å². The molecule has 2 rings (SSSR count). The van der Waals surface area contributed by atoms with Gasteiger partial charge in [0, 0.05) is 23.3 Å². The molecular weight excluding hydrogens is 392 g/mol. The first-order valence-corrected chi connectivity index (χ1v) is 8.81. The molecule has 0 aliphatic rings. The molecule has 0 N–H and O–H groups in total. The summed E-state index contributed by atoms with van der Waals surface area (Å²) in [6.45, 7) is 0. The summed E-state index contributed by atoms with van der Waals surface area (Å²) in [5.74, 6) is -3.50. The Balaban J connectivity index is 2.05. The lowest BCUT2D eigenvalue weighted by molar-refractivity contribution is -0.164. The summed E-state index contributed by atoms with van der Waals surface area (Å²) in [5.41, 5.74) is 0.812. The minimum Gasteiger partial charge on any atom is -0.466 e. The summed E-state index contributed by atoms with van der Waals surface area (Å²) < 4.78 is 19.5. The number of carbonyl (C=O) groups excluding carboxylic acids is 4. The number of hydrogen-bond donors (Lipinski definition) is 0. The second-order valence-electron chi connectivity index (χ2n) is 5.83. The lowest BCUT2D eigenvalue weighted by atomic mass is 10.1. The highest BCUT2D eigenvalue weighted by molar-refractivity contribution is 5.94. The molecule has 2 aromatic rings. The molecule has 0 aliphatic heterocycles. The minimum absolute atomic E-state index is 0.406. The number of carbonyl (C=O) groups is 4. The Hall–Kier alpha value is -3.94. The molecular formula is C22H20O8. The van der Waals surface area contributed by atoms with Crippen LogP contribution in [0.25, 0.3) is 0 Å². The van der Waals surface area contributed by atoms with Crippen LogP contribution in [-0.2, 0) is 38.1 Å². The fourth-order valence-corrected chi connectivity index (χ4v) is 2.42. The second kappa shape index (κ2) is 11.2. The highest BCUT2D eigenvalue weighted by Gasteiger charge is 2.26. The van der Waals surface area contributed by atoms with E-state index < -0.39 is 36.1 Å². The van der Waals surface area contributed by atoms with Crippen LogP contribution in [0.4, 0.5) is 0 Å². The predicted octanol–water partition coefficient (Wildman–Crippen LogP) is 2.46. The van der Waals surface area contributed by atoms with Crippen molar-refractivity contribution in [2.75, 3.05) is 14.2 Å². The Morgan fingerprint density at radius 1 is 0.633 bits per heavy atom. The summed E-state index contributed by atoms with van der Waals surface area (Å²) in [6, 6.07) is 16.5. The summed E-state index contributed by atoms with van der Waals surface area (Å²) in [6.07, 6.45) is -1.01. The van der Waals surface area contributed by atoms with Gasteiger partial charge in [0.1, 0.15) is 0 Å². The van der Waals surface area contributed by atoms with Crippen LogP contribution in [0.5, 0.6) is 0 Å². The van der Waals surface area contributed by atoms with Crippen molar-refractivity contribution in [1.82, 2.24) is 0 Å². The molecule has 0 saturated heterocycles. The Morgan fingerprint density at radius 3 is 1.27 bits per heavy atom. The average molecular weight is 412 g/mol. The molecule has 2 atom stereocenters. The molecule has 0 radical (unpaired) electrons. The SMILES string of the molecule is COC(=O)[C@@H](OC(=O)/C=C/C(=O)O[C@H](C(=O)OC)c1ccccc1)c1ccccc1. The van der Waals surface area contributed by atoms with Crippen molar-refractivity contribution >= 4 is 23.9 Å². The van der Waals surface area contributed by atoms with Gasteiger partial charge in [0.15, 0.2) is 0 Å². The topological polar surface area (TPSA) is 105 Å². The molecule has 0 amide bonds. The summed E-state index contributed by atoms with van der Waals surface area (Å²) in [5, 5.41) is 0. The molecule has 0 bridgehead atoms. The number of ether oxygens (including phenoxy) is 4. The van der Waals surface area contributed by atoms with Crippen LogP contribution in [0.1, 0.15) is 23.3 Å². The van der Waals surface area contributed by atoms with E-state index in [4.69, 9.17) is 9.47 Å². The predicted molar refractivity (Wildman–Crippen MR) is 104 cm³/mol. The van der Waals surface area contributed by atoms with E-state index in [0.717, 1.165) is 26.4 Å². The second-order valence-corrected chi connectivity index (χ2v) is 5.83. The minimum atomic E-state index is -1.29. The van der Waals surface area contributed by atoms with E-state index in [1.54, 1.807) is 60.7 Å². The van der Waals surface area contributed by atoms with Crippen LogP contribution in [-0.4, -0.2) is 38.1 Å². The molecule has 0 saturated carbocycles. The van der Waals surface area contributed by atoms with E-state index in [1.807, 2.05) is 0 Å². The summed E-state index contributed by atoms with van der Waals surface area (Å²) in [4.78, 5) is 48.0. The maximum absolute atomic E-state index is 12.1. The van der Waals surface area contributed by atoms with Crippen LogP contribution in [0.15, 0.2) is 72.8 Å². The van der Waals surface area contributed by atoms with Crippen molar-refractivity contribution in [2.24, 2.45) is 0 Å². The smallest absolute Gasteiger partial charge is 0.351 e. The Labute approximate surface area is 173 Å². The van der Waals surface area contributed by atoms with Gasteiger partial charge in [-0.05, 0) is 0 Å². The first kappa shape index (κ1) is 22.4. The third-order valence-electron chi connectivity index (χ3n) is 3.86. The van der Waals surface area contributed by atoms with Crippen molar-refractivity contribution in [2.45, 2.75) is 12.2 Å². The van der Waals surface area contributed by atoms with Gasteiger partial charge >= 0.3 is 23.9 Å². The Kier molecular flexibility index (Phi) is 8.31. The summed E-state index contributed by atoms with van der Waals surface area (Å²) >= 11 is 0. The quantitative estimate of drug-likeness (QED) is 0.370. The highest BCUT2D eigenvalue weighted by Crippen LogP contribution is 2.20. The number of benzene rings is 2. The third kappa shape index (κ3) is 6.30. The molecule has 8 heteroatoms. The van der Waals surface area contributed by atoms with Gasteiger partial charge in [0.25, 0.3) is 0 Å². The van der Waals surface area contributed by atoms with E-state index in [1.165, 1.54) is 0 Å². The van der Waals surface area contributed by atoms with Crippen molar-refractivity contribution in [3.8, 4) is 0 Å². The standard InChI is InChI=1S/C22H20O8/c1-27-21(25)19(15-9-5-3-6-10-15)29-17(23)13-14-18(24)30-20(22(26)28-2)16-11-7-4-8-12-16/h3-14,19-20H,1-2H3/b14-13+/t19-,20-/m0/s1. The maximum atomic E-state index is 12.1. The fourth-order valence-electron chi connectivity index (χ4n) is 2.42. The number of esters is 4. The van der Waals surface area contributed by atoms with E-state index in [2.05, 4.69) is 9.47 Å². The van der Waals surface area contributed by atoms with Gasteiger partial charge in [-0.2, -0.15) is 0 Å². The zero-order chi connectivity index (χ0) is 21.9. The molecule has 2 aromatic carbocycles. The fraction of sp³-hybridized carbons (Fsp3) is 0.182. The van der Waals surface area contributed by atoms with Crippen LogP contribution < -0.4 is 0 Å². The summed E-state index contributed by atoms with van der Waals surface area (Å²) in [7, 11) is 2.33. The van der Waals surface area contributed by atoms with E-state index in [9.17, 15) is 19.2 Å². The van der Waals surface area contributed by atoms with Crippen molar-refractivity contribution < 1.29 is 38.1 Å². The lowest BCUT2D eigenvalue weighted by Crippen LogP contribution is -2.21. The lowest BCUT2D eigenvalue weighted by Gasteiger charge is -2.15. The maximum Gasteiger partial charge on any atom is 0.351 e. The molecule has 0 fully saturated rings. The van der Waals surface area contributed by atoms with Crippen LogP contribution in [0, 0.1) is 0 Å². The highest BCUT2D eigenvalue weighted by atomic mass is 16.6. The van der Waals surface area contributed by atoms with Gasteiger partial charge in [-0.3, -0.25) is 0 Å². The molecule has 0 spiro atoms. The zero-order valence-corrected chi connectivity index (χ0v) is 16.3. The van der Waals surface area contributed by atoms with E-state index >= 15 is 0 Å². The monoisotopic (exact) mass is 412 g/mol. The largest absolute Gasteiger partial charge is 0.466 e. The van der Waals surface area contributed by atoms with Gasteiger partial charge < -0.3 is 18.9 Å². The first-order valence-electron chi connectivity index (χ1n) is 8.81. The normalized spacial score (nSPS) is 12.5. The zero-order valence-electron chi connectivity index (χ0n) is 16.3. The molecule has 0 heterocycles. The van der Waals surface area contributed by atoms with Crippen LogP contribution >= 0.6 is 0 Å². The van der Waals surface area contributed by atoms with Gasteiger partial charge in [-0.1, -0.05) is 60.7 Å². The first-order chi connectivity index (χ1) is 14.5. The van der Waals surface area contributed by atoms with Crippen molar-refractivity contribution in [1.29, 1.82) is 0 Å². The third-order valence-corrected chi connectivity index (χ3v) is 3.86. The molecule has 0 aromatic heterocycles.